The van der Waals surface area contributed by atoms with Gasteiger partial charge >= 0.3 is 5.97 Å². The van der Waals surface area contributed by atoms with Crippen LogP contribution in [0, 0.1) is 11.8 Å². The number of benzene rings is 1. The molecular weight excluding hydrogens is 522 g/mol. The number of carboxylic acids is 1. The van der Waals surface area contributed by atoms with Crippen molar-refractivity contribution in [2.24, 2.45) is 17.6 Å². The molecule has 4 N–H and O–H groups in total. The van der Waals surface area contributed by atoms with Crippen molar-refractivity contribution in [3.05, 3.63) is 29.8 Å². The van der Waals surface area contributed by atoms with E-state index in [-0.39, 0.29) is 34.6 Å². The van der Waals surface area contributed by atoms with Gasteiger partial charge in [-0.25, -0.2) is 13.2 Å². The van der Waals surface area contributed by atoms with Crippen molar-refractivity contribution < 1.29 is 27.9 Å². The molecule has 1 aromatic rings. The lowest BCUT2D eigenvalue weighted by Gasteiger charge is -2.37. The van der Waals surface area contributed by atoms with Crippen LogP contribution in [0.1, 0.15) is 55.3 Å². The van der Waals surface area contributed by atoms with Crippen LogP contribution in [0.3, 0.4) is 0 Å². The van der Waals surface area contributed by atoms with E-state index in [9.17, 15) is 22.8 Å². The van der Waals surface area contributed by atoms with Gasteiger partial charge in [0.25, 0.3) is 0 Å². The highest BCUT2D eigenvalue weighted by Gasteiger charge is 2.46. The molecule has 2 heterocycles. The van der Waals surface area contributed by atoms with Gasteiger partial charge in [0.1, 0.15) is 6.04 Å². The minimum atomic E-state index is -3.22. The first-order valence-electron chi connectivity index (χ1n) is 14.0. The lowest BCUT2D eigenvalue weighted by atomic mass is 9.81. The van der Waals surface area contributed by atoms with Crippen LogP contribution in [0.15, 0.2) is 24.3 Å². The molecule has 2 saturated carbocycles. The Labute approximate surface area is 229 Å². The van der Waals surface area contributed by atoms with Gasteiger partial charge in [-0.1, -0.05) is 0 Å². The molecule has 1 aromatic carbocycles. The van der Waals surface area contributed by atoms with E-state index in [4.69, 9.17) is 10.8 Å². The summed E-state index contributed by atoms with van der Waals surface area (Å²) in [5, 5.41) is 11.8. The van der Waals surface area contributed by atoms with E-state index in [1.54, 1.807) is 21.3 Å². The maximum Gasteiger partial charge on any atom is 0.335 e. The Balaban J connectivity index is 1.27. The van der Waals surface area contributed by atoms with Crippen molar-refractivity contribution in [2.75, 3.05) is 44.6 Å². The summed E-state index contributed by atoms with van der Waals surface area (Å²) in [6.45, 7) is 3.07. The average molecular weight is 562 g/mol. The van der Waals surface area contributed by atoms with Gasteiger partial charge in [0, 0.05) is 50.4 Å². The fourth-order valence-corrected chi connectivity index (χ4v) is 8.10. The van der Waals surface area contributed by atoms with Crippen LogP contribution >= 0.6 is 0 Å². The summed E-state index contributed by atoms with van der Waals surface area (Å²) in [5.74, 6) is -1.02. The number of aromatic carboxylic acids is 1. The standard InChI is InChI=1S/C27H39N5O6S/c28-16-18-1-3-19(4-2-18)26(34)32-17-22(30-11-13-31(14-12-30)39(37,38)23-9-10-23)15-24(32)25(33)29-21-7-5-20(6-8-21)27(35)36/h5-8,18-19,22-24H,1-4,9-17,28H2,(H,29,33)(H,35,36)/t18?,19?,22-,24?/m0/s1. The number of anilines is 1. The second-order valence-electron chi connectivity index (χ2n) is 11.4. The minimum absolute atomic E-state index is 0.00398. The first kappa shape index (κ1) is 28.0. The summed E-state index contributed by atoms with van der Waals surface area (Å²) in [5.41, 5.74) is 6.44. The highest BCUT2D eigenvalue weighted by molar-refractivity contribution is 7.90. The predicted molar refractivity (Wildman–Crippen MR) is 146 cm³/mol. The molecule has 0 aromatic heterocycles. The third kappa shape index (κ3) is 6.13. The molecule has 0 bridgehead atoms. The largest absolute Gasteiger partial charge is 0.478 e. The van der Waals surface area contributed by atoms with E-state index in [2.05, 4.69) is 10.2 Å². The summed E-state index contributed by atoms with van der Waals surface area (Å²) in [6, 6.07) is 5.28. The van der Waals surface area contributed by atoms with Crippen LogP contribution in [0.2, 0.25) is 0 Å². The van der Waals surface area contributed by atoms with Crippen LogP contribution in [0.4, 0.5) is 5.69 Å². The van der Waals surface area contributed by atoms with Gasteiger partial charge < -0.3 is 21.1 Å². The zero-order chi connectivity index (χ0) is 27.7. The fourth-order valence-electron chi connectivity index (χ4n) is 6.27. The monoisotopic (exact) mass is 561 g/mol. The van der Waals surface area contributed by atoms with Crippen LogP contribution in [-0.2, 0) is 19.6 Å². The van der Waals surface area contributed by atoms with Crippen molar-refractivity contribution in [2.45, 2.75) is 62.3 Å². The second kappa shape index (κ2) is 11.5. The summed E-state index contributed by atoms with van der Waals surface area (Å²) >= 11 is 0. The molecule has 2 amide bonds. The van der Waals surface area contributed by atoms with Gasteiger partial charge in [0.2, 0.25) is 21.8 Å². The van der Waals surface area contributed by atoms with Crippen LogP contribution in [0.5, 0.6) is 0 Å². The molecule has 12 heteroatoms. The number of piperazine rings is 1. The lowest BCUT2D eigenvalue weighted by Crippen LogP contribution is -2.53. The highest BCUT2D eigenvalue weighted by atomic mass is 32.2. The van der Waals surface area contributed by atoms with Crippen molar-refractivity contribution in [3.63, 3.8) is 0 Å². The van der Waals surface area contributed by atoms with E-state index < -0.39 is 22.0 Å². The number of sulfonamides is 1. The molecule has 2 saturated heterocycles. The van der Waals surface area contributed by atoms with Gasteiger partial charge in [0.05, 0.1) is 10.8 Å². The molecule has 214 valence electrons. The zero-order valence-corrected chi connectivity index (χ0v) is 23.0. The quantitative estimate of drug-likeness (QED) is 0.428. The molecule has 0 radical (unpaired) electrons. The molecule has 39 heavy (non-hydrogen) atoms. The number of likely N-dealkylation sites (tertiary alicyclic amines) is 1. The van der Waals surface area contributed by atoms with E-state index in [0.29, 0.717) is 57.3 Å². The van der Waals surface area contributed by atoms with Crippen molar-refractivity contribution >= 4 is 33.5 Å². The molecule has 5 rings (SSSR count). The second-order valence-corrected chi connectivity index (χ2v) is 13.6. The smallest absolute Gasteiger partial charge is 0.335 e. The van der Waals surface area contributed by atoms with E-state index >= 15 is 0 Å². The SMILES string of the molecule is NCC1CCC(C(=O)N2C[C@@H](N3CCN(S(=O)(=O)C4CC4)CC3)CC2C(=O)Nc2ccc(C(=O)O)cc2)CC1. The molecule has 1 unspecified atom stereocenters. The maximum atomic E-state index is 13.7. The topological polar surface area (TPSA) is 153 Å². The Morgan fingerprint density at radius 2 is 1.59 bits per heavy atom. The Kier molecular flexibility index (Phi) is 8.27. The number of rotatable bonds is 8. The number of amides is 2. The van der Waals surface area contributed by atoms with Crippen molar-refractivity contribution in [3.8, 4) is 0 Å². The van der Waals surface area contributed by atoms with Gasteiger partial charge in [0.15, 0.2) is 0 Å². The molecule has 4 aliphatic rings. The first-order chi connectivity index (χ1) is 18.7. The normalized spacial score (nSPS) is 28.8. The zero-order valence-electron chi connectivity index (χ0n) is 22.2. The number of nitrogens with one attached hydrogen (secondary N) is 1. The molecule has 2 atom stereocenters. The Bertz CT molecular complexity index is 1170. The van der Waals surface area contributed by atoms with Gasteiger partial charge in [-0.2, -0.15) is 4.31 Å². The van der Waals surface area contributed by atoms with E-state index in [0.717, 1.165) is 38.5 Å². The van der Waals surface area contributed by atoms with Crippen LogP contribution in [-0.4, -0.2) is 102 Å². The van der Waals surface area contributed by atoms with Gasteiger partial charge in [-0.15, -0.1) is 0 Å². The van der Waals surface area contributed by atoms with Gasteiger partial charge in [-0.3, -0.25) is 14.5 Å². The molecule has 11 nitrogen and oxygen atoms in total. The van der Waals surface area contributed by atoms with E-state index in [1.165, 1.54) is 12.1 Å². The number of hydrogen-bond donors (Lipinski definition) is 3. The molecule has 2 aliphatic heterocycles. The number of nitrogens with two attached hydrogens (primary N) is 1. The summed E-state index contributed by atoms with van der Waals surface area (Å²) < 4.78 is 26.9. The van der Waals surface area contributed by atoms with Crippen molar-refractivity contribution in [1.29, 1.82) is 0 Å². The third-order valence-electron chi connectivity index (χ3n) is 8.89. The maximum absolute atomic E-state index is 13.7. The molecule has 0 spiro atoms. The summed E-state index contributed by atoms with van der Waals surface area (Å²) in [4.78, 5) is 42.3. The summed E-state index contributed by atoms with van der Waals surface area (Å²) in [7, 11) is -3.22. The van der Waals surface area contributed by atoms with Crippen molar-refractivity contribution in [1.82, 2.24) is 14.1 Å². The average Bonchev–Trinajstić information content (AvgIpc) is 3.72. The first-order valence-corrected chi connectivity index (χ1v) is 15.6. The fraction of sp³-hybridized carbons (Fsp3) is 0.667. The third-order valence-corrected chi connectivity index (χ3v) is 11.3. The Morgan fingerprint density at radius 1 is 0.949 bits per heavy atom. The molecule has 2 aliphatic carbocycles. The van der Waals surface area contributed by atoms with Gasteiger partial charge in [-0.05, 0) is 81.7 Å². The number of carbonyl (C=O) groups excluding carboxylic acids is 2. The predicted octanol–water partition coefficient (Wildman–Crippen LogP) is 1.17. The Morgan fingerprint density at radius 3 is 2.15 bits per heavy atom. The van der Waals surface area contributed by atoms with Crippen LogP contribution < -0.4 is 11.1 Å². The summed E-state index contributed by atoms with van der Waals surface area (Å²) in [6.07, 6.45) is 5.31. The molecule has 4 fully saturated rings. The molecular formula is C27H39N5O6S. The lowest BCUT2D eigenvalue weighted by molar-refractivity contribution is -0.141. The number of carbonyl (C=O) groups is 3. The number of hydrogen-bond acceptors (Lipinski definition) is 7. The van der Waals surface area contributed by atoms with E-state index in [1.807, 2.05) is 0 Å². The number of carboxylic acid groups (broad SMARTS) is 1. The highest BCUT2D eigenvalue weighted by Crippen LogP contribution is 2.34. The number of nitrogens with zero attached hydrogens (tertiary/aromatic N) is 3. The minimum Gasteiger partial charge on any atom is -0.478 e. The Hall–Kier alpha value is -2.54. The van der Waals surface area contributed by atoms with Crippen LogP contribution in [0.25, 0.3) is 0 Å².